The highest BCUT2D eigenvalue weighted by Crippen LogP contribution is 2.47. The van der Waals surface area contributed by atoms with E-state index in [0.717, 1.165) is 4.47 Å². The molecule has 1 aromatic carbocycles. The van der Waals surface area contributed by atoms with Gasteiger partial charge in [-0.2, -0.15) is 0 Å². The SMILES string of the molecule is CCOC(=O)C(C#CP(=O)(OCC)OCC)(Nc1ccc(Br)cc1)C(=O)OCC. The lowest BCUT2D eigenvalue weighted by atomic mass is 10.0. The number of benzene rings is 1. The Hall–Kier alpha value is -1.85. The zero-order valence-corrected chi connectivity index (χ0v) is 19.3. The maximum Gasteiger partial charge on any atom is 0.405 e. The van der Waals surface area contributed by atoms with Crippen LogP contribution in [0.3, 0.4) is 0 Å². The predicted octanol–water partition coefficient (Wildman–Crippen LogP) is 3.95. The fraction of sp³-hybridized carbons (Fsp3) is 0.474. The van der Waals surface area contributed by atoms with Gasteiger partial charge in [-0.15, -0.1) is 0 Å². The Morgan fingerprint density at radius 3 is 1.86 bits per heavy atom. The molecule has 0 aliphatic heterocycles. The van der Waals surface area contributed by atoms with Crippen molar-refractivity contribution in [2.45, 2.75) is 33.2 Å². The maximum absolute atomic E-state index is 12.8. The number of carbonyl (C=O) groups excluding carboxylic acids is 2. The van der Waals surface area contributed by atoms with E-state index in [1.54, 1.807) is 52.0 Å². The van der Waals surface area contributed by atoms with E-state index in [2.05, 4.69) is 32.8 Å². The second-order valence-electron chi connectivity index (χ2n) is 5.39. The van der Waals surface area contributed by atoms with Crippen molar-refractivity contribution in [3.63, 3.8) is 0 Å². The second kappa shape index (κ2) is 12.0. The molecule has 10 heteroatoms. The topological polar surface area (TPSA) is 100 Å². The van der Waals surface area contributed by atoms with Gasteiger partial charge in [0.05, 0.1) is 26.4 Å². The number of ether oxygens (including phenoxy) is 2. The zero-order valence-electron chi connectivity index (χ0n) is 16.8. The molecule has 1 aromatic rings. The van der Waals surface area contributed by atoms with Gasteiger partial charge >= 0.3 is 19.5 Å². The van der Waals surface area contributed by atoms with Gasteiger partial charge in [-0.05, 0) is 57.9 Å². The van der Waals surface area contributed by atoms with Crippen molar-refractivity contribution < 1.29 is 32.7 Å². The molecule has 8 nitrogen and oxygen atoms in total. The van der Waals surface area contributed by atoms with Crippen LogP contribution in [0.4, 0.5) is 5.69 Å². The summed E-state index contributed by atoms with van der Waals surface area (Å²) in [6.07, 6.45) is 0. The van der Waals surface area contributed by atoms with Crippen LogP contribution in [0.5, 0.6) is 0 Å². The minimum atomic E-state index is -3.87. The molecular formula is C19H25BrNO7P. The number of carbonyl (C=O) groups is 2. The van der Waals surface area contributed by atoms with Crippen molar-refractivity contribution in [2.75, 3.05) is 31.7 Å². The van der Waals surface area contributed by atoms with Crippen LogP contribution in [0.15, 0.2) is 28.7 Å². The van der Waals surface area contributed by atoms with Gasteiger partial charge in [0.15, 0.2) is 0 Å². The molecule has 1 rings (SSSR count). The van der Waals surface area contributed by atoms with Gasteiger partial charge in [0.25, 0.3) is 5.54 Å². The molecule has 0 aromatic heterocycles. The average molecular weight is 490 g/mol. The van der Waals surface area contributed by atoms with Crippen LogP contribution in [-0.2, 0) is 32.7 Å². The van der Waals surface area contributed by atoms with Crippen LogP contribution in [0, 0.1) is 11.6 Å². The molecule has 0 fully saturated rings. The highest BCUT2D eigenvalue weighted by Gasteiger charge is 2.49. The molecule has 0 spiro atoms. The molecule has 0 radical (unpaired) electrons. The summed E-state index contributed by atoms with van der Waals surface area (Å²) < 4.78 is 34.0. The average Bonchev–Trinajstić information content (AvgIpc) is 2.67. The Balaban J connectivity index is 3.57. The van der Waals surface area contributed by atoms with Gasteiger partial charge in [-0.3, -0.25) is 9.05 Å². The molecule has 0 saturated heterocycles. The zero-order chi connectivity index (χ0) is 21.9. The summed E-state index contributed by atoms with van der Waals surface area (Å²) in [6.45, 7) is 6.55. The van der Waals surface area contributed by atoms with Gasteiger partial charge in [0.1, 0.15) is 0 Å². The minimum Gasteiger partial charge on any atom is -0.463 e. The number of esters is 2. The number of nitrogens with one attached hydrogen (secondary N) is 1. The molecular weight excluding hydrogens is 465 g/mol. The van der Waals surface area contributed by atoms with Crippen molar-refractivity contribution >= 4 is 41.2 Å². The summed E-state index contributed by atoms with van der Waals surface area (Å²) >= 11 is 3.32. The Bertz CT molecular complexity index is 773. The summed E-state index contributed by atoms with van der Waals surface area (Å²) in [5.41, 5.74) is 0.471. The largest absolute Gasteiger partial charge is 0.463 e. The van der Waals surface area contributed by atoms with Crippen molar-refractivity contribution in [1.29, 1.82) is 0 Å². The van der Waals surface area contributed by atoms with Crippen molar-refractivity contribution in [3.05, 3.63) is 28.7 Å². The Kier molecular flexibility index (Phi) is 10.4. The molecule has 0 aliphatic carbocycles. The highest BCUT2D eigenvalue weighted by molar-refractivity contribution is 9.10. The third-order valence-electron chi connectivity index (χ3n) is 3.32. The number of anilines is 1. The van der Waals surface area contributed by atoms with Gasteiger partial charge in [-0.1, -0.05) is 15.9 Å². The van der Waals surface area contributed by atoms with E-state index in [0.29, 0.717) is 5.69 Å². The standard InChI is InChI=1S/C19H25BrNO7P/c1-5-25-17(22)19(18(23)26-6-2,21-16-11-9-15(20)10-12-16)13-14-29(24,27-7-3)28-8-4/h9-12,21H,5-8H2,1-4H3. The maximum atomic E-state index is 12.8. The molecule has 1 N–H and O–H groups in total. The molecule has 0 unspecified atom stereocenters. The quantitative estimate of drug-likeness (QED) is 0.228. The molecule has 0 saturated carbocycles. The number of hydrogen-bond donors (Lipinski definition) is 1. The Labute approximate surface area is 179 Å². The fourth-order valence-corrected chi connectivity index (χ4v) is 3.59. The second-order valence-corrected chi connectivity index (χ2v) is 8.04. The Morgan fingerprint density at radius 1 is 0.966 bits per heavy atom. The van der Waals surface area contributed by atoms with Crippen LogP contribution in [0.1, 0.15) is 27.7 Å². The predicted molar refractivity (Wildman–Crippen MR) is 112 cm³/mol. The monoisotopic (exact) mass is 489 g/mol. The summed E-state index contributed by atoms with van der Waals surface area (Å²) in [5.74, 6) is 0.456. The van der Waals surface area contributed by atoms with Crippen LogP contribution < -0.4 is 5.32 Å². The number of halogens is 1. The molecule has 160 valence electrons. The first-order valence-corrected chi connectivity index (χ1v) is 11.4. The van der Waals surface area contributed by atoms with Crippen LogP contribution in [0.2, 0.25) is 0 Å². The molecule has 0 aliphatic rings. The molecule has 0 heterocycles. The van der Waals surface area contributed by atoms with E-state index in [1.165, 1.54) is 0 Å². The van der Waals surface area contributed by atoms with Crippen LogP contribution >= 0.6 is 23.5 Å². The van der Waals surface area contributed by atoms with Gasteiger partial charge in [0.2, 0.25) is 0 Å². The number of hydrogen-bond acceptors (Lipinski definition) is 8. The lowest BCUT2D eigenvalue weighted by molar-refractivity contribution is -0.159. The minimum absolute atomic E-state index is 0.00172. The van der Waals surface area contributed by atoms with Crippen LogP contribution in [-0.4, -0.2) is 43.9 Å². The van der Waals surface area contributed by atoms with E-state index in [1.807, 2.05) is 0 Å². The molecule has 0 amide bonds. The first kappa shape index (κ1) is 25.2. The Morgan fingerprint density at radius 2 is 1.45 bits per heavy atom. The van der Waals surface area contributed by atoms with Crippen molar-refractivity contribution in [2.24, 2.45) is 0 Å². The van der Waals surface area contributed by atoms with Crippen molar-refractivity contribution in [1.82, 2.24) is 0 Å². The van der Waals surface area contributed by atoms with Gasteiger partial charge in [-0.25, -0.2) is 14.2 Å². The lowest BCUT2D eigenvalue weighted by Crippen LogP contribution is -2.54. The normalized spacial score (nSPS) is 11.2. The fourth-order valence-electron chi connectivity index (χ4n) is 2.14. The van der Waals surface area contributed by atoms with Crippen molar-refractivity contribution in [3.8, 4) is 11.6 Å². The summed E-state index contributed by atoms with van der Waals surface area (Å²) in [6, 6.07) is 6.68. The first-order chi connectivity index (χ1) is 13.8. The van der Waals surface area contributed by atoms with Crippen LogP contribution in [0.25, 0.3) is 0 Å². The first-order valence-electron chi connectivity index (χ1n) is 9.08. The van der Waals surface area contributed by atoms with E-state index < -0.39 is 25.1 Å². The molecule has 0 bridgehead atoms. The van der Waals surface area contributed by atoms with E-state index in [4.69, 9.17) is 18.5 Å². The molecule has 29 heavy (non-hydrogen) atoms. The third kappa shape index (κ3) is 7.16. The lowest BCUT2D eigenvalue weighted by Gasteiger charge is -2.26. The molecule has 0 atom stereocenters. The highest BCUT2D eigenvalue weighted by atomic mass is 79.9. The van der Waals surface area contributed by atoms with Gasteiger partial charge in [0, 0.05) is 15.8 Å². The summed E-state index contributed by atoms with van der Waals surface area (Å²) in [4.78, 5) is 25.6. The third-order valence-corrected chi connectivity index (χ3v) is 5.43. The van der Waals surface area contributed by atoms with E-state index in [-0.39, 0.29) is 26.4 Å². The van der Waals surface area contributed by atoms with Gasteiger partial charge < -0.3 is 14.8 Å². The smallest absolute Gasteiger partial charge is 0.405 e. The van der Waals surface area contributed by atoms with E-state index in [9.17, 15) is 14.2 Å². The van der Waals surface area contributed by atoms with E-state index >= 15 is 0 Å². The number of rotatable bonds is 10. The summed E-state index contributed by atoms with van der Waals surface area (Å²) in [7, 11) is -3.87. The summed E-state index contributed by atoms with van der Waals surface area (Å²) in [5, 5.41) is 2.77.